The van der Waals surface area contributed by atoms with E-state index in [0.29, 0.717) is 19.4 Å². The summed E-state index contributed by atoms with van der Waals surface area (Å²) in [6.07, 6.45) is 3.78. The van der Waals surface area contributed by atoms with Gasteiger partial charge in [0.2, 0.25) is 11.8 Å². The van der Waals surface area contributed by atoms with Crippen molar-refractivity contribution < 1.29 is 9.59 Å². The van der Waals surface area contributed by atoms with Crippen molar-refractivity contribution in [3.05, 3.63) is 59.7 Å². The summed E-state index contributed by atoms with van der Waals surface area (Å²) >= 11 is 0. The maximum Gasteiger partial charge on any atom is 0.227 e. The minimum absolute atomic E-state index is 0.128. The molecule has 2 heterocycles. The van der Waals surface area contributed by atoms with E-state index in [0.717, 1.165) is 30.6 Å². The maximum absolute atomic E-state index is 12.0. The molecule has 0 atom stereocenters. The number of carbonyl (C=O) groups is 2. The zero-order chi connectivity index (χ0) is 20.1. The molecule has 4 rings (SSSR count). The normalized spacial score (nSPS) is 15.8. The topological polar surface area (TPSA) is 75.4 Å². The van der Waals surface area contributed by atoms with Gasteiger partial charge in [-0.05, 0) is 56.4 Å². The number of nitrogens with two attached hydrogens (primary N) is 1. The third-order valence-corrected chi connectivity index (χ3v) is 5.08. The Balaban J connectivity index is 0.000000176. The van der Waals surface area contributed by atoms with Crippen molar-refractivity contribution in [1.82, 2.24) is 0 Å². The maximum atomic E-state index is 12.0. The molecular weight excluding hydrogens is 350 g/mol. The molecule has 2 aromatic carbocycles. The molecular formula is C23H29N3O2. The first-order valence-corrected chi connectivity index (χ1v) is 9.88. The fraction of sp³-hybridized carbons (Fsp3) is 0.391. The van der Waals surface area contributed by atoms with Crippen molar-refractivity contribution in [2.45, 2.75) is 51.5 Å². The molecule has 0 saturated carbocycles. The summed E-state index contributed by atoms with van der Waals surface area (Å²) in [6, 6.07) is 16.1. The zero-order valence-electron chi connectivity index (χ0n) is 16.7. The molecule has 2 aromatic rings. The summed E-state index contributed by atoms with van der Waals surface area (Å²) in [5, 5.41) is 2.82. The Morgan fingerprint density at radius 3 is 2.32 bits per heavy atom. The number of hydrogen-bond donors (Lipinski definition) is 2. The number of fused-ring (bicyclic) bond motifs is 2. The lowest BCUT2D eigenvalue weighted by molar-refractivity contribution is -0.119. The quantitative estimate of drug-likeness (QED) is 0.854. The molecule has 0 unspecified atom stereocenters. The second kappa shape index (κ2) is 8.57. The molecule has 0 radical (unpaired) electrons. The Morgan fingerprint density at radius 1 is 0.929 bits per heavy atom. The number of nitrogens with one attached hydrogen (secondary N) is 1. The molecule has 0 saturated heterocycles. The fourth-order valence-corrected chi connectivity index (χ4v) is 3.46. The summed E-state index contributed by atoms with van der Waals surface area (Å²) in [5.41, 5.74) is 10.3. The third kappa shape index (κ3) is 5.20. The highest BCUT2D eigenvalue weighted by molar-refractivity contribution is 5.96. The van der Waals surface area contributed by atoms with E-state index in [1.54, 1.807) is 0 Å². The molecule has 148 valence electrons. The summed E-state index contributed by atoms with van der Waals surface area (Å²) < 4.78 is 0. The van der Waals surface area contributed by atoms with E-state index in [1.165, 1.54) is 11.1 Å². The molecule has 2 aliphatic heterocycles. The van der Waals surface area contributed by atoms with Gasteiger partial charge in [0.15, 0.2) is 0 Å². The van der Waals surface area contributed by atoms with E-state index in [2.05, 4.69) is 17.4 Å². The second-order valence-corrected chi connectivity index (χ2v) is 8.12. The Hall–Kier alpha value is -2.66. The highest BCUT2D eigenvalue weighted by Gasteiger charge is 2.24. The molecule has 0 spiro atoms. The zero-order valence-corrected chi connectivity index (χ0v) is 16.7. The fourth-order valence-electron chi connectivity index (χ4n) is 3.46. The number of anilines is 2. The molecule has 3 N–H and O–H groups in total. The minimum atomic E-state index is -0.229. The summed E-state index contributed by atoms with van der Waals surface area (Å²) in [6.45, 7) is 4.69. The molecule has 2 amide bonds. The predicted molar refractivity (Wildman–Crippen MR) is 113 cm³/mol. The largest absolute Gasteiger partial charge is 0.326 e. The van der Waals surface area contributed by atoms with Crippen LogP contribution in [0.2, 0.25) is 0 Å². The minimum Gasteiger partial charge on any atom is -0.326 e. The van der Waals surface area contributed by atoms with Crippen LogP contribution in [0.1, 0.15) is 44.2 Å². The van der Waals surface area contributed by atoms with Crippen molar-refractivity contribution >= 4 is 23.2 Å². The molecule has 0 fully saturated rings. The summed E-state index contributed by atoms with van der Waals surface area (Å²) in [5.74, 6) is 0.344. The van der Waals surface area contributed by atoms with Gasteiger partial charge in [-0.2, -0.15) is 0 Å². The standard InChI is InChI=1S/C14H20N2O.C9H9NO/c1-14(2,15)9-10-16-12-6-4-3-5-11(12)7-8-13(16)17;11-9-6-5-7-3-1-2-4-8(7)10-9/h3-6H,7-10,15H2,1-2H3;1-4H,5-6H2,(H,10,11). The molecule has 2 aliphatic rings. The van der Waals surface area contributed by atoms with Gasteiger partial charge >= 0.3 is 0 Å². The second-order valence-electron chi connectivity index (χ2n) is 8.12. The van der Waals surface area contributed by atoms with Crippen LogP contribution in [0.5, 0.6) is 0 Å². The highest BCUT2D eigenvalue weighted by atomic mass is 16.2. The Kier molecular flexibility index (Phi) is 6.15. The van der Waals surface area contributed by atoms with Gasteiger partial charge in [0, 0.05) is 36.3 Å². The van der Waals surface area contributed by atoms with Crippen molar-refractivity contribution in [1.29, 1.82) is 0 Å². The van der Waals surface area contributed by atoms with E-state index in [1.807, 2.05) is 55.1 Å². The SMILES string of the molecule is CC(C)(N)CCN1C(=O)CCc2ccccc21.O=C1CCc2ccccc2N1. The van der Waals surface area contributed by atoms with Crippen LogP contribution in [0.3, 0.4) is 0 Å². The Labute approximate surface area is 166 Å². The number of rotatable bonds is 3. The van der Waals surface area contributed by atoms with Crippen LogP contribution in [0.4, 0.5) is 11.4 Å². The van der Waals surface area contributed by atoms with Crippen LogP contribution in [-0.2, 0) is 22.4 Å². The van der Waals surface area contributed by atoms with Crippen molar-refractivity contribution in [3.8, 4) is 0 Å². The molecule has 5 heteroatoms. The van der Waals surface area contributed by atoms with Gasteiger partial charge in [0.1, 0.15) is 0 Å². The van der Waals surface area contributed by atoms with Gasteiger partial charge < -0.3 is 16.0 Å². The van der Waals surface area contributed by atoms with E-state index in [9.17, 15) is 9.59 Å². The Morgan fingerprint density at radius 2 is 1.57 bits per heavy atom. The molecule has 0 aliphatic carbocycles. The van der Waals surface area contributed by atoms with Crippen LogP contribution >= 0.6 is 0 Å². The number of amides is 2. The van der Waals surface area contributed by atoms with E-state index in [4.69, 9.17) is 5.73 Å². The predicted octanol–water partition coefficient (Wildman–Crippen LogP) is 3.66. The van der Waals surface area contributed by atoms with E-state index in [-0.39, 0.29) is 17.4 Å². The number of nitrogens with zero attached hydrogens (tertiary/aromatic N) is 1. The number of benzene rings is 2. The van der Waals surface area contributed by atoms with Gasteiger partial charge in [-0.15, -0.1) is 0 Å². The molecule has 5 nitrogen and oxygen atoms in total. The molecule has 28 heavy (non-hydrogen) atoms. The lowest BCUT2D eigenvalue weighted by atomic mass is 9.98. The van der Waals surface area contributed by atoms with E-state index < -0.39 is 0 Å². The van der Waals surface area contributed by atoms with Crippen molar-refractivity contribution in [2.75, 3.05) is 16.8 Å². The van der Waals surface area contributed by atoms with Crippen molar-refractivity contribution in [3.63, 3.8) is 0 Å². The van der Waals surface area contributed by atoms with Crippen molar-refractivity contribution in [2.24, 2.45) is 5.73 Å². The summed E-state index contributed by atoms with van der Waals surface area (Å²) in [4.78, 5) is 24.8. The highest BCUT2D eigenvalue weighted by Crippen LogP contribution is 2.28. The van der Waals surface area contributed by atoms with Crippen LogP contribution < -0.4 is 16.0 Å². The monoisotopic (exact) mass is 379 g/mol. The number of aryl methyl sites for hydroxylation is 2. The lowest BCUT2D eigenvalue weighted by Gasteiger charge is -2.31. The average Bonchev–Trinajstić information content (AvgIpc) is 2.67. The van der Waals surface area contributed by atoms with Gasteiger partial charge in [0.25, 0.3) is 0 Å². The van der Waals surface area contributed by atoms with Gasteiger partial charge in [-0.25, -0.2) is 0 Å². The van der Waals surface area contributed by atoms with E-state index >= 15 is 0 Å². The first-order chi connectivity index (χ1) is 13.3. The average molecular weight is 380 g/mol. The first-order valence-electron chi connectivity index (χ1n) is 9.88. The first kappa shape index (κ1) is 20.1. The summed E-state index contributed by atoms with van der Waals surface area (Å²) in [7, 11) is 0. The molecule has 0 bridgehead atoms. The van der Waals surface area contributed by atoms with Gasteiger partial charge in [0.05, 0.1) is 0 Å². The Bertz CT molecular complexity index is 855. The van der Waals surface area contributed by atoms with Crippen LogP contribution in [0.25, 0.3) is 0 Å². The van der Waals surface area contributed by atoms with Gasteiger partial charge in [-0.3, -0.25) is 9.59 Å². The van der Waals surface area contributed by atoms with Crippen LogP contribution in [-0.4, -0.2) is 23.9 Å². The van der Waals surface area contributed by atoms with Gasteiger partial charge in [-0.1, -0.05) is 36.4 Å². The number of para-hydroxylation sites is 2. The number of hydrogen-bond acceptors (Lipinski definition) is 3. The molecule has 0 aromatic heterocycles. The van der Waals surface area contributed by atoms with Crippen LogP contribution in [0, 0.1) is 0 Å². The lowest BCUT2D eigenvalue weighted by Crippen LogP contribution is -2.41. The third-order valence-electron chi connectivity index (χ3n) is 5.08. The van der Waals surface area contributed by atoms with Crippen LogP contribution in [0.15, 0.2) is 48.5 Å². The smallest absolute Gasteiger partial charge is 0.227 e. The number of carbonyl (C=O) groups excluding carboxylic acids is 2.